The highest BCUT2D eigenvalue weighted by atomic mass is 19.4. The number of nitrogens with two attached hydrogens (primary N) is 1. The summed E-state index contributed by atoms with van der Waals surface area (Å²) in [5.74, 6) is 0.196. The molecule has 90 valence electrons. The van der Waals surface area contributed by atoms with Crippen LogP contribution in [0.4, 0.5) is 18.9 Å². The molecule has 0 amide bonds. The molecule has 0 aliphatic heterocycles. The van der Waals surface area contributed by atoms with Crippen molar-refractivity contribution in [3.05, 3.63) is 23.8 Å². The predicted octanol–water partition coefficient (Wildman–Crippen LogP) is 2.05. The second kappa shape index (κ2) is 5.07. The van der Waals surface area contributed by atoms with E-state index in [4.69, 9.17) is 15.6 Å². The molecular formula is C10H12F3NO2. The second-order valence-electron chi connectivity index (χ2n) is 3.18. The van der Waals surface area contributed by atoms with E-state index in [1.165, 1.54) is 6.07 Å². The maximum Gasteiger partial charge on any atom is 0.416 e. The third-order valence-corrected chi connectivity index (χ3v) is 1.90. The molecule has 0 aromatic heterocycles. The number of rotatable bonds is 4. The van der Waals surface area contributed by atoms with Crippen molar-refractivity contribution in [2.24, 2.45) is 0 Å². The van der Waals surface area contributed by atoms with Crippen LogP contribution in [-0.2, 0) is 6.18 Å². The van der Waals surface area contributed by atoms with Gasteiger partial charge in [0, 0.05) is 13.0 Å². The number of alkyl halides is 3. The quantitative estimate of drug-likeness (QED) is 0.620. The van der Waals surface area contributed by atoms with Gasteiger partial charge in [0.25, 0.3) is 0 Å². The number of aliphatic hydroxyl groups is 1. The minimum absolute atomic E-state index is 0.0411. The smallest absolute Gasteiger partial charge is 0.416 e. The molecule has 1 rings (SSSR count). The number of aliphatic hydroxyl groups excluding tert-OH is 1. The monoisotopic (exact) mass is 235 g/mol. The lowest BCUT2D eigenvalue weighted by Gasteiger charge is -2.11. The topological polar surface area (TPSA) is 55.5 Å². The third-order valence-electron chi connectivity index (χ3n) is 1.90. The van der Waals surface area contributed by atoms with Gasteiger partial charge in [-0.1, -0.05) is 0 Å². The Hall–Kier alpha value is -1.43. The Kier molecular flexibility index (Phi) is 4.00. The van der Waals surface area contributed by atoms with Crippen molar-refractivity contribution in [2.45, 2.75) is 12.6 Å². The lowest BCUT2D eigenvalue weighted by Crippen LogP contribution is -2.07. The van der Waals surface area contributed by atoms with Gasteiger partial charge in [-0.3, -0.25) is 0 Å². The van der Waals surface area contributed by atoms with Crippen molar-refractivity contribution < 1.29 is 23.0 Å². The Balaban J connectivity index is 2.76. The molecule has 16 heavy (non-hydrogen) atoms. The summed E-state index contributed by atoms with van der Waals surface area (Å²) in [5, 5.41) is 8.50. The largest absolute Gasteiger partial charge is 0.491 e. The van der Waals surface area contributed by atoms with E-state index >= 15 is 0 Å². The van der Waals surface area contributed by atoms with Gasteiger partial charge in [0.15, 0.2) is 0 Å². The summed E-state index contributed by atoms with van der Waals surface area (Å²) in [6.45, 7) is 0.173. The molecule has 0 aliphatic rings. The van der Waals surface area contributed by atoms with E-state index in [0.29, 0.717) is 6.42 Å². The fraction of sp³-hybridized carbons (Fsp3) is 0.400. The van der Waals surface area contributed by atoms with Crippen molar-refractivity contribution in [3.63, 3.8) is 0 Å². The van der Waals surface area contributed by atoms with Crippen LogP contribution in [0.3, 0.4) is 0 Å². The van der Waals surface area contributed by atoms with Gasteiger partial charge in [-0.25, -0.2) is 0 Å². The number of hydrogen-bond acceptors (Lipinski definition) is 3. The summed E-state index contributed by atoms with van der Waals surface area (Å²) in [6, 6.07) is 2.91. The Morgan fingerprint density at radius 1 is 1.31 bits per heavy atom. The Morgan fingerprint density at radius 2 is 2.00 bits per heavy atom. The fourth-order valence-electron chi connectivity index (χ4n) is 1.10. The van der Waals surface area contributed by atoms with Gasteiger partial charge in [-0.2, -0.15) is 13.2 Å². The van der Waals surface area contributed by atoms with Crippen LogP contribution in [0.25, 0.3) is 0 Å². The molecule has 0 saturated heterocycles. The number of ether oxygens (including phenoxy) is 1. The van der Waals surface area contributed by atoms with Crippen molar-refractivity contribution in [1.82, 2.24) is 0 Å². The van der Waals surface area contributed by atoms with Crippen LogP contribution >= 0.6 is 0 Å². The molecule has 3 N–H and O–H groups in total. The van der Waals surface area contributed by atoms with E-state index in [1.54, 1.807) is 0 Å². The van der Waals surface area contributed by atoms with Crippen LogP contribution in [0.2, 0.25) is 0 Å². The first-order chi connectivity index (χ1) is 7.45. The molecular weight excluding hydrogens is 223 g/mol. The molecule has 3 nitrogen and oxygen atoms in total. The van der Waals surface area contributed by atoms with Crippen LogP contribution in [0.5, 0.6) is 5.75 Å². The average Bonchev–Trinajstić information content (AvgIpc) is 2.19. The minimum atomic E-state index is -4.41. The molecule has 0 fully saturated rings. The number of hydrogen-bond donors (Lipinski definition) is 2. The van der Waals surface area contributed by atoms with Gasteiger partial charge in [-0.15, -0.1) is 0 Å². The first-order valence-electron chi connectivity index (χ1n) is 4.65. The normalized spacial score (nSPS) is 11.5. The summed E-state index contributed by atoms with van der Waals surface area (Å²) in [5.41, 5.74) is 4.54. The zero-order valence-corrected chi connectivity index (χ0v) is 8.42. The average molecular weight is 235 g/mol. The molecule has 0 aliphatic carbocycles. The maximum atomic E-state index is 12.3. The van der Waals surface area contributed by atoms with Crippen LogP contribution in [0.1, 0.15) is 12.0 Å². The van der Waals surface area contributed by atoms with Gasteiger partial charge in [0.05, 0.1) is 17.9 Å². The van der Waals surface area contributed by atoms with Crippen molar-refractivity contribution >= 4 is 5.69 Å². The van der Waals surface area contributed by atoms with Gasteiger partial charge in [0.2, 0.25) is 0 Å². The highest BCUT2D eigenvalue weighted by Crippen LogP contribution is 2.33. The van der Waals surface area contributed by atoms with E-state index in [0.717, 1.165) is 12.1 Å². The van der Waals surface area contributed by atoms with E-state index in [9.17, 15) is 13.2 Å². The van der Waals surface area contributed by atoms with Crippen LogP contribution in [-0.4, -0.2) is 18.3 Å². The molecule has 1 aromatic carbocycles. The van der Waals surface area contributed by atoms with Gasteiger partial charge < -0.3 is 15.6 Å². The fourth-order valence-corrected chi connectivity index (χ4v) is 1.10. The highest BCUT2D eigenvalue weighted by molar-refractivity contribution is 5.54. The lowest BCUT2D eigenvalue weighted by atomic mass is 10.2. The number of nitrogen functional groups attached to an aromatic ring is 1. The first kappa shape index (κ1) is 12.6. The van der Waals surface area contributed by atoms with Gasteiger partial charge >= 0.3 is 6.18 Å². The van der Waals surface area contributed by atoms with E-state index in [2.05, 4.69) is 0 Å². The number of benzene rings is 1. The molecule has 6 heteroatoms. The molecule has 0 radical (unpaired) electrons. The summed E-state index contributed by atoms with van der Waals surface area (Å²) in [6.07, 6.45) is -4.00. The molecule has 0 bridgehead atoms. The van der Waals surface area contributed by atoms with Crippen LogP contribution in [0, 0.1) is 0 Å². The van der Waals surface area contributed by atoms with Crippen molar-refractivity contribution in [2.75, 3.05) is 18.9 Å². The van der Waals surface area contributed by atoms with Crippen molar-refractivity contribution in [3.8, 4) is 5.75 Å². The molecule has 0 heterocycles. The standard InChI is InChI=1S/C10H12F3NO2/c11-10(12,13)7-2-3-9(8(14)6-7)16-5-1-4-15/h2-3,6,15H,1,4-5,14H2. The molecule has 0 saturated carbocycles. The van der Waals surface area contributed by atoms with Crippen LogP contribution < -0.4 is 10.5 Å². The van der Waals surface area contributed by atoms with E-state index in [-0.39, 0.29) is 24.7 Å². The third kappa shape index (κ3) is 3.30. The molecule has 0 spiro atoms. The Morgan fingerprint density at radius 3 is 2.50 bits per heavy atom. The van der Waals surface area contributed by atoms with E-state index < -0.39 is 11.7 Å². The predicted molar refractivity (Wildman–Crippen MR) is 53.1 cm³/mol. The zero-order valence-electron chi connectivity index (χ0n) is 8.42. The summed E-state index contributed by atoms with van der Waals surface area (Å²) < 4.78 is 41.9. The van der Waals surface area contributed by atoms with Gasteiger partial charge in [0.1, 0.15) is 5.75 Å². The molecule has 0 atom stereocenters. The Labute approximate surface area is 90.6 Å². The Bertz CT molecular complexity index is 352. The number of anilines is 1. The SMILES string of the molecule is Nc1cc(C(F)(F)F)ccc1OCCCO. The zero-order chi connectivity index (χ0) is 12.2. The second-order valence-corrected chi connectivity index (χ2v) is 3.18. The van der Waals surface area contributed by atoms with E-state index in [1.807, 2.05) is 0 Å². The summed E-state index contributed by atoms with van der Waals surface area (Å²) in [7, 11) is 0. The molecule has 1 aromatic rings. The maximum absolute atomic E-state index is 12.3. The highest BCUT2D eigenvalue weighted by Gasteiger charge is 2.30. The van der Waals surface area contributed by atoms with Gasteiger partial charge in [-0.05, 0) is 18.2 Å². The number of halogens is 3. The lowest BCUT2D eigenvalue weighted by molar-refractivity contribution is -0.137. The summed E-state index contributed by atoms with van der Waals surface area (Å²) in [4.78, 5) is 0. The minimum Gasteiger partial charge on any atom is -0.491 e. The molecule has 0 unspecified atom stereocenters. The van der Waals surface area contributed by atoms with Crippen molar-refractivity contribution in [1.29, 1.82) is 0 Å². The van der Waals surface area contributed by atoms with Crippen LogP contribution in [0.15, 0.2) is 18.2 Å². The summed E-state index contributed by atoms with van der Waals surface area (Å²) >= 11 is 0. The first-order valence-corrected chi connectivity index (χ1v) is 4.65.